The number of H-pyrrole nitrogens is 1. The highest BCUT2D eigenvalue weighted by molar-refractivity contribution is 14.1. The molecule has 9 heteroatoms. The molecule has 1 amide bonds. The Bertz CT molecular complexity index is 954. The van der Waals surface area contributed by atoms with Gasteiger partial charge in [-0.15, -0.1) is 11.3 Å². The molecule has 2 N–H and O–H groups in total. The fourth-order valence-corrected chi connectivity index (χ4v) is 3.54. The molecule has 6 nitrogen and oxygen atoms in total. The molecule has 0 aliphatic heterocycles. The standard InChI is InChI=1S/C16H11ClIN3O3S/c1-24-15(23)12-4-8(6-19-12)13-7-25-16(20-13)21-14(22)10-5-9(17)2-3-11(10)18/h2-7,19H,1H3,(H,20,21,22). The third kappa shape index (κ3) is 4.02. The van der Waals surface area contributed by atoms with Gasteiger partial charge in [0.2, 0.25) is 0 Å². The zero-order valence-electron chi connectivity index (χ0n) is 12.8. The Morgan fingerprint density at radius 2 is 2.16 bits per heavy atom. The summed E-state index contributed by atoms with van der Waals surface area (Å²) in [4.78, 5) is 31.1. The molecule has 1 aromatic carbocycles. The molecule has 0 spiro atoms. The molecule has 0 saturated carbocycles. The Morgan fingerprint density at radius 3 is 2.92 bits per heavy atom. The summed E-state index contributed by atoms with van der Waals surface area (Å²) in [5, 5.41) is 5.50. The normalized spacial score (nSPS) is 10.5. The first-order chi connectivity index (χ1) is 12.0. The number of aromatic amines is 1. The average Bonchev–Trinajstić information content (AvgIpc) is 3.25. The second-order valence-electron chi connectivity index (χ2n) is 4.91. The van der Waals surface area contributed by atoms with Crippen molar-refractivity contribution in [3.05, 3.63) is 55.7 Å². The number of rotatable bonds is 4. The Balaban J connectivity index is 1.77. The van der Waals surface area contributed by atoms with E-state index < -0.39 is 5.97 Å². The second kappa shape index (κ2) is 7.54. The third-order valence-electron chi connectivity index (χ3n) is 3.28. The van der Waals surface area contributed by atoms with Gasteiger partial charge < -0.3 is 9.72 Å². The van der Waals surface area contributed by atoms with Gasteiger partial charge in [0.15, 0.2) is 5.13 Å². The van der Waals surface area contributed by atoms with E-state index in [9.17, 15) is 9.59 Å². The maximum Gasteiger partial charge on any atom is 0.354 e. The highest BCUT2D eigenvalue weighted by Gasteiger charge is 2.15. The van der Waals surface area contributed by atoms with Gasteiger partial charge in [0.25, 0.3) is 5.91 Å². The topological polar surface area (TPSA) is 84.1 Å². The Hall–Kier alpha value is -1.91. The average molecular weight is 488 g/mol. The molecule has 0 fully saturated rings. The number of benzene rings is 1. The van der Waals surface area contributed by atoms with E-state index in [0.29, 0.717) is 27.1 Å². The number of ether oxygens (including phenoxy) is 1. The number of nitrogens with zero attached hydrogens (tertiary/aromatic N) is 1. The molecule has 0 saturated heterocycles. The van der Waals surface area contributed by atoms with Crippen molar-refractivity contribution in [3.8, 4) is 11.3 Å². The van der Waals surface area contributed by atoms with E-state index in [-0.39, 0.29) is 5.91 Å². The Kier molecular flexibility index (Phi) is 5.40. The molecule has 0 radical (unpaired) electrons. The number of carbonyl (C=O) groups excluding carboxylic acids is 2. The summed E-state index contributed by atoms with van der Waals surface area (Å²) in [6.45, 7) is 0. The van der Waals surface area contributed by atoms with Crippen molar-refractivity contribution in [1.82, 2.24) is 9.97 Å². The largest absolute Gasteiger partial charge is 0.464 e. The zero-order valence-corrected chi connectivity index (χ0v) is 16.5. The van der Waals surface area contributed by atoms with Crippen LogP contribution in [0.25, 0.3) is 11.3 Å². The third-order valence-corrected chi connectivity index (χ3v) is 5.22. The number of nitrogens with one attached hydrogen (secondary N) is 2. The number of hydrogen-bond acceptors (Lipinski definition) is 5. The van der Waals surface area contributed by atoms with Crippen LogP contribution in [0.2, 0.25) is 5.02 Å². The van der Waals surface area contributed by atoms with Crippen LogP contribution in [0.3, 0.4) is 0 Å². The molecule has 0 unspecified atom stereocenters. The van der Waals surface area contributed by atoms with Gasteiger partial charge in [-0.25, -0.2) is 9.78 Å². The van der Waals surface area contributed by atoms with E-state index in [1.165, 1.54) is 18.4 Å². The van der Waals surface area contributed by atoms with Crippen molar-refractivity contribution in [3.63, 3.8) is 0 Å². The van der Waals surface area contributed by atoms with Crippen LogP contribution in [0.1, 0.15) is 20.8 Å². The lowest BCUT2D eigenvalue weighted by Gasteiger charge is -2.04. The lowest BCUT2D eigenvalue weighted by molar-refractivity contribution is 0.0594. The number of amides is 1. The SMILES string of the molecule is COC(=O)c1cc(-c2csc(NC(=O)c3cc(Cl)ccc3I)n2)c[nH]1. The molecule has 0 atom stereocenters. The number of aromatic nitrogens is 2. The van der Waals surface area contributed by atoms with Crippen molar-refractivity contribution >= 4 is 62.5 Å². The number of halogens is 2. The Morgan fingerprint density at radius 1 is 1.36 bits per heavy atom. The maximum atomic E-state index is 12.4. The number of hydrogen-bond donors (Lipinski definition) is 2. The van der Waals surface area contributed by atoms with E-state index in [2.05, 4.69) is 42.6 Å². The summed E-state index contributed by atoms with van der Waals surface area (Å²) in [6, 6.07) is 6.76. The zero-order chi connectivity index (χ0) is 18.0. The Labute approximate surface area is 165 Å². The summed E-state index contributed by atoms with van der Waals surface area (Å²) in [5.41, 5.74) is 2.20. The van der Waals surface area contributed by atoms with Crippen molar-refractivity contribution in [2.45, 2.75) is 0 Å². The number of thiazole rings is 1. The predicted octanol–water partition coefficient (Wildman–Crippen LogP) is 4.44. The van der Waals surface area contributed by atoms with E-state index in [4.69, 9.17) is 11.6 Å². The number of esters is 1. The summed E-state index contributed by atoms with van der Waals surface area (Å²) >= 11 is 9.32. The van der Waals surface area contributed by atoms with Gasteiger partial charge in [-0.05, 0) is 46.9 Å². The molecular weight excluding hydrogens is 477 g/mol. The lowest BCUT2D eigenvalue weighted by atomic mass is 10.2. The molecule has 25 heavy (non-hydrogen) atoms. The van der Waals surface area contributed by atoms with Gasteiger partial charge in [0, 0.05) is 25.7 Å². The fourth-order valence-electron chi connectivity index (χ4n) is 2.07. The van der Waals surface area contributed by atoms with Crippen LogP contribution >= 0.6 is 45.5 Å². The van der Waals surface area contributed by atoms with Crippen LogP contribution < -0.4 is 5.32 Å². The number of anilines is 1. The predicted molar refractivity (Wildman–Crippen MR) is 105 cm³/mol. The van der Waals surface area contributed by atoms with Gasteiger partial charge in [0.1, 0.15) is 5.69 Å². The molecule has 128 valence electrons. The van der Waals surface area contributed by atoms with Crippen molar-refractivity contribution in [2.75, 3.05) is 12.4 Å². The molecule has 0 bridgehead atoms. The number of carbonyl (C=O) groups is 2. The molecule has 2 aromatic heterocycles. The van der Waals surface area contributed by atoms with Crippen LogP contribution in [-0.2, 0) is 4.74 Å². The fraction of sp³-hybridized carbons (Fsp3) is 0.0625. The van der Waals surface area contributed by atoms with Crippen molar-refractivity contribution in [1.29, 1.82) is 0 Å². The summed E-state index contributed by atoms with van der Waals surface area (Å²) in [7, 11) is 1.32. The molecule has 0 aliphatic carbocycles. The van der Waals surface area contributed by atoms with E-state index >= 15 is 0 Å². The van der Waals surface area contributed by atoms with Crippen LogP contribution in [-0.4, -0.2) is 29.0 Å². The number of methoxy groups -OCH3 is 1. The monoisotopic (exact) mass is 487 g/mol. The first-order valence-electron chi connectivity index (χ1n) is 6.97. The van der Waals surface area contributed by atoms with Crippen LogP contribution in [0.5, 0.6) is 0 Å². The molecule has 3 rings (SSSR count). The van der Waals surface area contributed by atoms with Crippen molar-refractivity contribution in [2.24, 2.45) is 0 Å². The van der Waals surface area contributed by atoms with Crippen LogP contribution in [0.4, 0.5) is 5.13 Å². The van der Waals surface area contributed by atoms with Gasteiger partial charge >= 0.3 is 5.97 Å². The van der Waals surface area contributed by atoms with Gasteiger partial charge in [-0.3, -0.25) is 10.1 Å². The summed E-state index contributed by atoms with van der Waals surface area (Å²) < 4.78 is 5.45. The highest BCUT2D eigenvalue weighted by Crippen LogP contribution is 2.27. The minimum atomic E-state index is -0.453. The van der Waals surface area contributed by atoms with Crippen LogP contribution in [0, 0.1) is 3.57 Å². The quantitative estimate of drug-likeness (QED) is 0.421. The van der Waals surface area contributed by atoms with E-state index in [1.54, 1.807) is 35.8 Å². The first kappa shape index (κ1) is 17.9. The molecular formula is C16H11ClIN3O3S. The van der Waals surface area contributed by atoms with Gasteiger partial charge in [-0.1, -0.05) is 11.6 Å². The lowest BCUT2D eigenvalue weighted by Crippen LogP contribution is -2.13. The maximum absolute atomic E-state index is 12.4. The van der Waals surface area contributed by atoms with E-state index in [1.807, 2.05) is 0 Å². The summed E-state index contributed by atoms with van der Waals surface area (Å²) in [5.74, 6) is -0.734. The summed E-state index contributed by atoms with van der Waals surface area (Å²) in [6.07, 6.45) is 1.66. The van der Waals surface area contributed by atoms with Crippen LogP contribution in [0.15, 0.2) is 35.8 Å². The molecule has 3 aromatic rings. The molecule has 2 heterocycles. The first-order valence-corrected chi connectivity index (χ1v) is 9.30. The molecule has 0 aliphatic rings. The highest BCUT2D eigenvalue weighted by atomic mass is 127. The second-order valence-corrected chi connectivity index (χ2v) is 7.37. The minimum absolute atomic E-state index is 0.280. The van der Waals surface area contributed by atoms with E-state index in [0.717, 1.165) is 9.13 Å². The van der Waals surface area contributed by atoms with Crippen molar-refractivity contribution < 1.29 is 14.3 Å². The van der Waals surface area contributed by atoms with Gasteiger partial charge in [-0.2, -0.15) is 0 Å². The minimum Gasteiger partial charge on any atom is -0.464 e. The van der Waals surface area contributed by atoms with Gasteiger partial charge in [0.05, 0.1) is 18.4 Å². The smallest absolute Gasteiger partial charge is 0.354 e.